The maximum atomic E-state index is 12.7. The molecule has 1 aliphatic heterocycles. The fourth-order valence-electron chi connectivity index (χ4n) is 3.53. The van der Waals surface area contributed by atoms with Crippen molar-refractivity contribution < 1.29 is 4.79 Å². The Balaban J connectivity index is 1.54. The number of aromatic nitrogens is 2. The smallest absolute Gasteiger partial charge is 0.317 e. The van der Waals surface area contributed by atoms with E-state index in [1.165, 1.54) is 5.56 Å². The first-order valence-electron chi connectivity index (χ1n) is 9.97. The van der Waals surface area contributed by atoms with Crippen molar-refractivity contribution in [2.75, 3.05) is 25.0 Å². The van der Waals surface area contributed by atoms with Crippen molar-refractivity contribution in [3.05, 3.63) is 53.7 Å². The predicted molar refractivity (Wildman–Crippen MR) is 112 cm³/mol. The lowest BCUT2D eigenvalue weighted by atomic mass is 9.87. The van der Waals surface area contributed by atoms with Crippen LogP contribution in [0.15, 0.2) is 42.6 Å². The lowest BCUT2D eigenvalue weighted by Gasteiger charge is -2.38. The molecule has 0 bridgehead atoms. The van der Waals surface area contributed by atoms with Gasteiger partial charge < -0.3 is 15.1 Å². The highest BCUT2D eigenvalue weighted by Crippen LogP contribution is 2.22. The van der Waals surface area contributed by atoms with Crippen molar-refractivity contribution in [1.29, 1.82) is 0 Å². The molecule has 0 radical (unpaired) electrons. The lowest BCUT2D eigenvalue weighted by molar-refractivity contribution is 0.182. The van der Waals surface area contributed by atoms with Crippen LogP contribution in [0, 0.1) is 0 Å². The van der Waals surface area contributed by atoms with E-state index in [1.807, 2.05) is 24.1 Å². The summed E-state index contributed by atoms with van der Waals surface area (Å²) in [5.41, 5.74) is 2.54. The van der Waals surface area contributed by atoms with Gasteiger partial charge in [0.1, 0.15) is 0 Å². The number of carbonyl (C=O) groups excluding carboxylic acids is 1. The Morgan fingerprint density at radius 3 is 2.64 bits per heavy atom. The Labute approximate surface area is 168 Å². The van der Waals surface area contributed by atoms with Crippen LogP contribution in [0.3, 0.4) is 0 Å². The zero-order valence-electron chi connectivity index (χ0n) is 17.4. The van der Waals surface area contributed by atoms with Crippen molar-refractivity contribution in [2.24, 2.45) is 0 Å². The van der Waals surface area contributed by atoms with Gasteiger partial charge in [-0.05, 0) is 41.5 Å². The average Bonchev–Trinajstić information content (AvgIpc) is 2.72. The minimum absolute atomic E-state index is 0.0362. The van der Waals surface area contributed by atoms with Crippen LogP contribution in [0.5, 0.6) is 0 Å². The molecule has 1 atom stereocenters. The third-order valence-electron chi connectivity index (χ3n) is 5.41. The molecule has 1 unspecified atom stereocenters. The van der Waals surface area contributed by atoms with Crippen LogP contribution in [-0.4, -0.2) is 47.3 Å². The number of piperidine rings is 1. The molecule has 0 spiro atoms. The van der Waals surface area contributed by atoms with E-state index in [9.17, 15) is 4.79 Å². The van der Waals surface area contributed by atoms with Gasteiger partial charge in [0.15, 0.2) is 5.82 Å². The molecule has 1 saturated heterocycles. The van der Waals surface area contributed by atoms with E-state index in [2.05, 4.69) is 65.5 Å². The summed E-state index contributed by atoms with van der Waals surface area (Å²) >= 11 is 0. The van der Waals surface area contributed by atoms with E-state index < -0.39 is 0 Å². The molecule has 1 fully saturated rings. The van der Waals surface area contributed by atoms with Crippen LogP contribution >= 0.6 is 0 Å². The molecule has 28 heavy (non-hydrogen) atoms. The van der Waals surface area contributed by atoms with E-state index in [0.717, 1.165) is 37.3 Å². The molecule has 0 saturated carbocycles. The molecule has 2 aromatic rings. The Bertz CT molecular complexity index is 770. The summed E-state index contributed by atoms with van der Waals surface area (Å²) < 4.78 is 0. The SMILES string of the molecule is CN(C(=O)NCc1ccc(C(C)(C)C)cc1)C1CCCN(c2cccnn2)C1. The highest BCUT2D eigenvalue weighted by Gasteiger charge is 2.26. The first-order valence-corrected chi connectivity index (χ1v) is 9.97. The van der Waals surface area contributed by atoms with Gasteiger partial charge in [-0.15, -0.1) is 5.10 Å². The van der Waals surface area contributed by atoms with Crippen LogP contribution < -0.4 is 10.2 Å². The van der Waals surface area contributed by atoms with Crippen molar-refractivity contribution >= 4 is 11.8 Å². The molecule has 0 aliphatic carbocycles. The van der Waals surface area contributed by atoms with Crippen molar-refractivity contribution in [2.45, 2.75) is 51.6 Å². The quantitative estimate of drug-likeness (QED) is 0.879. The number of nitrogens with one attached hydrogen (secondary N) is 1. The zero-order chi connectivity index (χ0) is 20.1. The number of benzene rings is 1. The molecule has 6 heteroatoms. The fraction of sp³-hybridized carbons (Fsp3) is 0.500. The number of hydrogen-bond acceptors (Lipinski definition) is 4. The highest BCUT2D eigenvalue weighted by atomic mass is 16.2. The van der Waals surface area contributed by atoms with E-state index in [-0.39, 0.29) is 17.5 Å². The second-order valence-corrected chi connectivity index (χ2v) is 8.54. The largest absolute Gasteiger partial charge is 0.353 e. The average molecular weight is 382 g/mol. The Morgan fingerprint density at radius 2 is 2.00 bits per heavy atom. The first kappa shape index (κ1) is 20.1. The summed E-state index contributed by atoms with van der Waals surface area (Å²) in [6.07, 6.45) is 3.71. The number of hydrogen-bond donors (Lipinski definition) is 1. The number of carbonyl (C=O) groups is 1. The standard InChI is InChI=1S/C22H31N5O/c1-22(2,3)18-11-9-17(10-12-18)15-23-21(28)26(4)19-7-6-14-27(16-19)20-8-5-13-24-25-20/h5,8-13,19H,6-7,14-16H2,1-4H3,(H,23,28). The molecule has 1 aliphatic rings. The van der Waals surface area contributed by atoms with Crippen LogP contribution in [-0.2, 0) is 12.0 Å². The van der Waals surface area contributed by atoms with Crippen molar-refractivity contribution in [1.82, 2.24) is 20.4 Å². The number of urea groups is 1. The number of rotatable bonds is 4. The Morgan fingerprint density at radius 1 is 1.25 bits per heavy atom. The van der Waals surface area contributed by atoms with Gasteiger partial charge in [-0.3, -0.25) is 0 Å². The topological polar surface area (TPSA) is 61.4 Å². The van der Waals surface area contributed by atoms with E-state index in [4.69, 9.17) is 0 Å². The zero-order valence-corrected chi connectivity index (χ0v) is 17.4. The van der Waals surface area contributed by atoms with Gasteiger partial charge in [-0.1, -0.05) is 45.0 Å². The first-order chi connectivity index (χ1) is 13.3. The van der Waals surface area contributed by atoms with Gasteiger partial charge in [-0.2, -0.15) is 5.10 Å². The molecular weight excluding hydrogens is 350 g/mol. The number of nitrogens with zero attached hydrogens (tertiary/aromatic N) is 4. The van der Waals surface area contributed by atoms with E-state index in [1.54, 1.807) is 6.20 Å². The summed E-state index contributed by atoms with van der Waals surface area (Å²) in [6.45, 7) is 8.87. The van der Waals surface area contributed by atoms with Crippen LogP contribution in [0.4, 0.5) is 10.6 Å². The van der Waals surface area contributed by atoms with Crippen LogP contribution in [0.25, 0.3) is 0 Å². The number of likely N-dealkylation sites (N-methyl/N-ethyl adjacent to an activating group) is 1. The highest BCUT2D eigenvalue weighted by molar-refractivity contribution is 5.74. The molecule has 1 N–H and O–H groups in total. The molecule has 1 aromatic heterocycles. The molecular formula is C22H31N5O. The minimum Gasteiger partial charge on any atom is -0.353 e. The number of anilines is 1. The van der Waals surface area contributed by atoms with E-state index >= 15 is 0 Å². The third-order valence-corrected chi connectivity index (χ3v) is 5.41. The van der Waals surface area contributed by atoms with Crippen LogP contribution in [0.2, 0.25) is 0 Å². The van der Waals surface area contributed by atoms with Crippen molar-refractivity contribution in [3.63, 3.8) is 0 Å². The summed E-state index contributed by atoms with van der Waals surface area (Å²) in [5.74, 6) is 0.875. The molecule has 2 heterocycles. The van der Waals surface area contributed by atoms with Gasteiger partial charge in [0.25, 0.3) is 0 Å². The van der Waals surface area contributed by atoms with E-state index in [0.29, 0.717) is 6.54 Å². The molecule has 6 nitrogen and oxygen atoms in total. The predicted octanol–water partition coefficient (Wildman–Crippen LogP) is 3.58. The normalized spacial score (nSPS) is 17.3. The van der Waals surface area contributed by atoms with Gasteiger partial charge in [0.05, 0.1) is 6.04 Å². The third kappa shape index (κ3) is 5.00. The van der Waals surface area contributed by atoms with Crippen molar-refractivity contribution in [3.8, 4) is 0 Å². The second-order valence-electron chi connectivity index (χ2n) is 8.54. The Kier molecular flexibility index (Phi) is 6.17. The maximum Gasteiger partial charge on any atom is 0.317 e. The second kappa shape index (κ2) is 8.59. The van der Waals surface area contributed by atoms with Gasteiger partial charge >= 0.3 is 6.03 Å². The monoisotopic (exact) mass is 381 g/mol. The molecule has 1 aromatic carbocycles. The summed E-state index contributed by atoms with van der Waals surface area (Å²) in [4.78, 5) is 16.7. The lowest BCUT2D eigenvalue weighted by Crippen LogP contribution is -2.51. The Hall–Kier alpha value is -2.63. The van der Waals surface area contributed by atoms with Crippen LogP contribution in [0.1, 0.15) is 44.7 Å². The summed E-state index contributed by atoms with van der Waals surface area (Å²) in [5, 5.41) is 11.2. The fourth-order valence-corrected chi connectivity index (χ4v) is 3.53. The summed E-state index contributed by atoms with van der Waals surface area (Å²) in [7, 11) is 1.88. The van der Waals surface area contributed by atoms with Gasteiger partial charge in [0.2, 0.25) is 0 Å². The van der Waals surface area contributed by atoms with Gasteiger partial charge in [0, 0.05) is 32.9 Å². The molecule has 3 rings (SSSR count). The summed E-state index contributed by atoms with van der Waals surface area (Å²) in [6, 6.07) is 12.5. The molecule has 2 amide bonds. The minimum atomic E-state index is -0.0362. The van der Waals surface area contributed by atoms with Gasteiger partial charge in [-0.25, -0.2) is 4.79 Å². The maximum absolute atomic E-state index is 12.7. The molecule has 150 valence electrons. The number of amides is 2.